The highest BCUT2D eigenvalue weighted by Crippen LogP contribution is 2.07. The first-order valence-corrected chi connectivity index (χ1v) is 4.86. The van der Waals surface area contributed by atoms with Crippen LogP contribution >= 0.6 is 0 Å². The van der Waals surface area contributed by atoms with Crippen molar-refractivity contribution in [3.63, 3.8) is 0 Å². The van der Waals surface area contributed by atoms with E-state index in [-0.39, 0.29) is 12.1 Å². The van der Waals surface area contributed by atoms with Gasteiger partial charge < -0.3 is 4.74 Å². The van der Waals surface area contributed by atoms with Crippen molar-refractivity contribution in [2.24, 2.45) is 0 Å². The lowest BCUT2D eigenvalue weighted by atomic mass is 10.1. The van der Waals surface area contributed by atoms with Crippen molar-refractivity contribution in [3.05, 3.63) is 19.6 Å². The largest absolute Gasteiger partial charge is 0.459 e. The molecule has 1 radical (unpaired) electrons. The Bertz CT molecular complexity index is 152. The monoisotopic (exact) mass is 183 g/mol. The molecule has 0 N–H and O–H groups in total. The topological polar surface area (TPSA) is 26.3 Å². The number of esters is 1. The van der Waals surface area contributed by atoms with Gasteiger partial charge in [-0.2, -0.15) is 0 Å². The van der Waals surface area contributed by atoms with Crippen molar-refractivity contribution >= 4 is 5.97 Å². The van der Waals surface area contributed by atoms with E-state index in [2.05, 4.69) is 20.4 Å². The van der Waals surface area contributed by atoms with E-state index in [1.54, 1.807) is 0 Å². The van der Waals surface area contributed by atoms with Gasteiger partial charge in [0.15, 0.2) is 0 Å². The van der Waals surface area contributed by atoms with Crippen molar-refractivity contribution in [2.75, 3.05) is 0 Å². The average Bonchev–Trinajstić information content (AvgIpc) is 2.12. The molecule has 13 heavy (non-hydrogen) atoms. The quantitative estimate of drug-likeness (QED) is 0.344. The molecule has 0 aliphatic heterocycles. The van der Waals surface area contributed by atoms with Gasteiger partial charge in [0.2, 0.25) is 0 Å². The first-order chi connectivity index (χ1) is 6.20. The van der Waals surface area contributed by atoms with Crippen LogP contribution in [0.2, 0.25) is 0 Å². The van der Waals surface area contributed by atoms with Crippen LogP contribution in [0.5, 0.6) is 0 Å². The lowest BCUT2D eigenvalue weighted by Crippen LogP contribution is -2.12. The number of rotatable bonds is 7. The van der Waals surface area contributed by atoms with Gasteiger partial charge in [0.05, 0.1) is 0 Å². The fraction of sp³-hybridized carbons (Fsp3) is 0.636. The van der Waals surface area contributed by atoms with Crippen LogP contribution in [0.15, 0.2) is 12.7 Å². The number of unbranched alkanes of at least 4 members (excludes halogenated alkanes) is 3. The molecule has 1 atom stereocenters. The van der Waals surface area contributed by atoms with E-state index >= 15 is 0 Å². The third kappa shape index (κ3) is 7.57. The van der Waals surface area contributed by atoms with Gasteiger partial charge in [-0.05, 0) is 19.8 Å². The maximum Gasteiger partial charge on any atom is 0.330 e. The Labute approximate surface area is 81.0 Å². The molecule has 0 aromatic heterocycles. The summed E-state index contributed by atoms with van der Waals surface area (Å²) in [6.45, 7) is 9.22. The average molecular weight is 183 g/mol. The van der Waals surface area contributed by atoms with E-state index in [9.17, 15) is 4.79 Å². The van der Waals surface area contributed by atoms with Crippen molar-refractivity contribution in [1.82, 2.24) is 0 Å². The Morgan fingerprint density at radius 2 is 2.15 bits per heavy atom. The molecule has 0 saturated carbocycles. The highest BCUT2D eigenvalue weighted by molar-refractivity contribution is 5.81. The smallest absolute Gasteiger partial charge is 0.330 e. The second-order valence-corrected chi connectivity index (χ2v) is 3.11. The molecule has 0 saturated heterocycles. The van der Waals surface area contributed by atoms with Crippen LogP contribution in [-0.2, 0) is 9.53 Å². The van der Waals surface area contributed by atoms with E-state index in [1.807, 2.05) is 0 Å². The number of carbonyl (C=O) groups is 1. The summed E-state index contributed by atoms with van der Waals surface area (Å²) in [6, 6.07) is 0. The Balaban J connectivity index is 3.34. The second-order valence-electron chi connectivity index (χ2n) is 3.11. The molecule has 0 fully saturated rings. The van der Waals surface area contributed by atoms with Gasteiger partial charge >= 0.3 is 5.97 Å². The van der Waals surface area contributed by atoms with Gasteiger partial charge in [0.25, 0.3) is 0 Å². The fourth-order valence-electron chi connectivity index (χ4n) is 1.07. The van der Waals surface area contributed by atoms with Crippen LogP contribution in [0, 0.1) is 6.92 Å². The van der Waals surface area contributed by atoms with Crippen LogP contribution in [0.4, 0.5) is 0 Å². The lowest BCUT2D eigenvalue weighted by Gasteiger charge is -2.10. The maximum absolute atomic E-state index is 10.7. The predicted octanol–water partition coefficient (Wildman–Crippen LogP) is 2.89. The highest BCUT2D eigenvalue weighted by Gasteiger charge is 2.05. The summed E-state index contributed by atoms with van der Waals surface area (Å²) in [5.41, 5.74) is 0. The standard InChI is InChI=1S/C11H19O2/c1-4-6-7-8-9-10(3)13-11(12)5-2/h5,10H,2-4,6-9H2,1H3. The first-order valence-electron chi connectivity index (χ1n) is 4.86. The molecule has 0 bridgehead atoms. The van der Waals surface area contributed by atoms with Crippen LogP contribution in [-0.4, -0.2) is 12.1 Å². The summed E-state index contributed by atoms with van der Waals surface area (Å²) in [5, 5.41) is 0. The first kappa shape index (κ1) is 12.2. The highest BCUT2D eigenvalue weighted by atomic mass is 16.5. The van der Waals surface area contributed by atoms with Crippen molar-refractivity contribution in [2.45, 2.75) is 45.1 Å². The maximum atomic E-state index is 10.7. The minimum Gasteiger partial charge on any atom is -0.459 e. The molecule has 2 nitrogen and oxygen atoms in total. The van der Waals surface area contributed by atoms with E-state index in [4.69, 9.17) is 4.74 Å². The van der Waals surface area contributed by atoms with E-state index in [0.717, 1.165) is 12.8 Å². The Morgan fingerprint density at radius 1 is 1.46 bits per heavy atom. The van der Waals surface area contributed by atoms with Crippen LogP contribution in [0.25, 0.3) is 0 Å². The minimum atomic E-state index is -0.379. The third-order valence-electron chi connectivity index (χ3n) is 1.83. The molecular weight excluding hydrogens is 164 g/mol. The molecular formula is C11H19O2. The van der Waals surface area contributed by atoms with E-state index in [1.165, 1.54) is 25.3 Å². The zero-order valence-electron chi connectivity index (χ0n) is 8.42. The molecule has 0 amide bonds. The zero-order valence-corrected chi connectivity index (χ0v) is 8.42. The van der Waals surface area contributed by atoms with Crippen molar-refractivity contribution in [1.29, 1.82) is 0 Å². The molecule has 2 heteroatoms. The fourth-order valence-corrected chi connectivity index (χ4v) is 1.07. The third-order valence-corrected chi connectivity index (χ3v) is 1.83. The SMILES string of the molecule is [CH2]C(CCCCCC)OC(=O)C=C. The van der Waals surface area contributed by atoms with Gasteiger partial charge in [-0.3, -0.25) is 0 Å². The number of hydrogen-bond donors (Lipinski definition) is 0. The molecule has 0 aromatic rings. The van der Waals surface area contributed by atoms with Gasteiger partial charge in [-0.25, -0.2) is 4.79 Å². The van der Waals surface area contributed by atoms with Gasteiger partial charge in [0.1, 0.15) is 6.10 Å². The van der Waals surface area contributed by atoms with Crippen LogP contribution in [0.1, 0.15) is 39.0 Å². The molecule has 0 rings (SSSR count). The predicted molar refractivity (Wildman–Crippen MR) is 54.2 cm³/mol. The Kier molecular flexibility index (Phi) is 7.36. The number of ether oxygens (including phenoxy) is 1. The van der Waals surface area contributed by atoms with Crippen LogP contribution in [0.3, 0.4) is 0 Å². The number of carbonyl (C=O) groups excluding carboxylic acids is 1. The van der Waals surface area contributed by atoms with E-state index in [0.29, 0.717) is 0 Å². The summed E-state index contributed by atoms with van der Waals surface area (Å²) in [4.78, 5) is 10.7. The molecule has 0 aliphatic rings. The Morgan fingerprint density at radius 3 is 2.69 bits per heavy atom. The molecule has 1 unspecified atom stereocenters. The van der Waals surface area contributed by atoms with Gasteiger partial charge in [-0.1, -0.05) is 32.8 Å². The summed E-state index contributed by atoms with van der Waals surface area (Å²) in [6.07, 6.45) is 6.52. The minimum absolute atomic E-state index is 0.220. The molecule has 0 aromatic carbocycles. The van der Waals surface area contributed by atoms with E-state index < -0.39 is 0 Å². The summed E-state index contributed by atoms with van der Waals surface area (Å²) < 4.78 is 4.91. The second kappa shape index (κ2) is 7.84. The molecule has 0 heterocycles. The zero-order chi connectivity index (χ0) is 10.1. The normalized spacial score (nSPS) is 12.2. The Hall–Kier alpha value is -0.790. The van der Waals surface area contributed by atoms with Crippen LogP contribution < -0.4 is 0 Å². The van der Waals surface area contributed by atoms with Crippen molar-refractivity contribution in [3.8, 4) is 0 Å². The molecule has 0 aliphatic carbocycles. The summed E-state index contributed by atoms with van der Waals surface area (Å²) in [7, 11) is 0. The number of hydrogen-bond acceptors (Lipinski definition) is 2. The van der Waals surface area contributed by atoms with Gasteiger partial charge in [0, 0.05) is 6.08 Å². The molecule has 75 valence electrons. The van der Waals surface area contributed by atoms with Gasteiger partial charge in [-0.15, -0.1) is 0 Å². The molecule has 0 spiro atoms. The summed E-state index contributed by atoms with van der Waals surface area (Å²) >= 11 is 0. The summed E-state index contributed by atoms with van der Waals surface area (Å²) in [5.74, 6) is -0.379. The lowest BCUT2D eigenvalue weighted by molar-refractivity contribution is -0.141. The van der Waals surface area contributed by atoms with Crippen molar-refractivity contribution < 1.29 is 9.53 Å².